The van der Waals surface area contributed by atoms with E-state index in [1.807, 2.05) is 36.4 Å². The highest BCUT2D eigenvalue weighted by Gasteiger charge is 2.16. The quantitative estimate of drug-likeness (QED) is 0.796. The molecule has 0 spiro atoms. The van der Waals surface area contributed by atoms with Crippen molar-refractivity contribution in [3.8, 4) is 11.8 Å². The molecular formula is C17H12N4O2S. The van der Waals surface area contributed by atoms with Gasteiger partial charge in [0.2, 0.25) is 5.43 Å². The van der Waals surface area contributed by atoms with Gasteiger partial charge in [0, 0.05) is 11.8 Å². The zero-order valence-electron chi connectivity index (χ0n) is 12.7. The van der Waals surface area contributed by atoms with E-state index in [0.717, 1.165) is 17.0 Å². The Hall–Kier alpha value is -3.24. The number of carbonyl (C=O) groups is 1. The van der Waals surface area contributed by atoms with Crippen molar-refractivity contribution in [2.24, 2.45) is 0 Å². The molecule has 0 aliphatic heterocycles. The lowest BCUT2D eigenvalue weighted by Crippen LogP contribution is -2.26. The van der Waals surface area contributed by atoms with Crippen molar-refractivity contribution in [2.45, 2.75) is 6.92 Å². The zero-order valence-corrected chi connectivity index (χ0v) is 13.5. The lowest BCUT2D eigenvalue weighted by molar-refractivity contribution is 0.102. The molecule has 0 saturated carbocycles. The number of anilines is 1. The number of hydrogen-bond acceptors (Lipinski definition) is 5. The maximum Gasteiger partial charge on any atom is 0.280 e. The van der Waals surface area contributed by atoms with Crippen LogP contribution in [0.5, 0.6) is 0 Å². The van der Waals surface area contributed by atoms with Crippen LogP contribution in [0.15, 0.2) is 53.3 Å². The number of rotatable bonds is 3. The predicted octanol–water partition coefficient (Wildman–Crippen LogP) is 2.73. The molecule has 0 bridgehead atoms. The molecule has 0 radical (unpaired) electrons. The first kappa shape index (κ1) is 15.6. The van der Waals surface area contributed by atoms with Gasteiger partial charge in [0.05, 0.1) is 10.7 Å². The first-order valence-electron chi connectivity index (χ1n) is 7.06. The summed E-state index contributed by atoms with van der Waals surface area (Å²) in [4.78, 5) is 25.0. The summed E-state index contributed by atoms with van der Waals surface area (Å²) in [6, 6.07) is 15.8. The molecule has 118 valence electrons. The lowest BCUT2D eigenvalue weighted by Gasteiger charge is -2.10. The summed E-state index contributed by atoms with van der Waals surface area (Å²) in [7, 11) is 0. The minimum absolute atomic E-state index is 0.198. The summed E-state index contributed by atoms with van der Waals surface area (Å²) in [5.41, 5.74) is 0.739. The third-order valence-corrected chi connectivity index (χ3v) is 4.18. The molecule has 24 heavy (non-hydrogen) atoms. The number of thiophene rings is 1. The molecular weight excluding hydrogens is 324 g/mol. The number of benzene rings is 1. The Labute approximate surface area is 141 Å². The third kappa shape index (κ3) is 3.09. The van der Waals surface area contributed by atoms with Crippen LogP contribution in [0.25, 0.3) is 5.69 Å². The van der Waals surface area contributed by atoms with Gasteiger partial charge in [0.15, 0.2) is 5.69 Å². The molecule has 3 rings (SSSR count). The van der Waals surface area contributed by atoms with Gasteiger partial charge in [-0.05, 0) is 31.2 Å². The van der Waals surface area contributed by atoms with Crippen LogP contribution in [0.1, 0.15) is 21.1 Å². The van der Waals surface area contributed by atoms with E-state index in [2.05, 4.69) is 10.4 Å². The maximum absolute atomic E-state index is 12.4. The average Bonchev–Trinajstić information content (AvgIpc) is 3.03. The van der Waals surface area contributed by atoms with E-state index in [-0.39, 0.29) is 5.69 Å². The molecule has 1 aromatic carbocycles. The molecule has 0 saturated heterocycles. The molecule has 0 unspecified atom stereocenters. The number of nitrogens with zero attached hydrogens (tertiary/aromatic N) is 3. The summed E-state index contributed by atoms with van der Waals surface area (Å²) >= 11 is 1.14. The molecule has 1 amide bonds. The van der Waals surface area contributed by atoms with Crippen LogP contribution in [-0.4, -0.2) is 15.7 Å². The number of aryl methyl sites for hydroxylation is 1. The summed E-state index contributed by atoms with van der Waals surface area (Å²) in [5, 5.41) is 16.1. The second-order valence-electron chi connectivity index (χ2n) is 4.98. The number of amides is 1. The van der Waals surface area contributed by atoms with Crippen molar-refractivity contribution < 1.29 is 4.79 Å². The highest BCUT2D eigenvalue weighted by Crippen LogP contribution is 2.21. The van der Waals surface area contributed by atoms with Crippen LogP contribution in [0, 0.1) is 18.3 Å². The molecule has 2 aromatic heterocycles. The topological polar surface area (TPSA) is 87.8 Å². The molecule has 0 fully saturated rings. The van der Waals surface area contributed by atoms with Crippen LogP contribution in [0.3, 0.4) is 0 Å². The normalized spacial score (nSPS) is 10.2. The summed E-state index contributed by atoms with van der Waals surface area (Å²) in [5.74, 6) is -0.601. The van der Waals surface area contributed by atoms with Crippen LogP contribution in [0.2, 0.25) is 0 Å². The molecule has 2 heterocycles. The molecule has 0 aliphatic carbocycles. The Morgan fingerprint density at radius 2 is 2.00 bits per heavy atom. The fourth-order valence-electron chi connectivity index (χ4n) is 2.17. The molecule has 1 N–H and O–H groups in total. The maximum atomic E-state index is 12.4. The van der Waals surface area contributed by atoms with Gasteiger partial charge in [-0.3, -0.25) is 9.59 Å². The van der Waals surface area contributed by atoms with Gasteiger partial charge in [0.1, 0.15) is 10.9 Å². The summed E-state index contributed by atoms with van der Waals surface area (Å²) in [6.07, 6.45) is 0. The predicted molar refractivity (Wildman–Crippen MR) is 91.6 cm³/mol. The summed E-state index contributed by atoms with van der Waals surface area (Å²) in [6.45, 7) is 1.75. The van der Waals surface area contributed by atoms with Crippen LogP contribution in [0.4, 0.5) is 5.00 Å². The molecule has 3 aromatic rings. The standard InChI is InChI=1S/C17H12N4O2S/c1-11-9-14(22)16(20-21(11)12-5-3-2-4-6-12)17(23)19-15-8-7-13(10-18)24-15/h2-9H,1H3,(H,19,23). The van der Waals surface area contributed by atoms with Gasteiger partial charge < -0.3 is 5.32 Å². The number of carbonyl (C=O) groups excluding carboxylic acids is 1. The monoisotopic (exact) mass is 336 g/mol. The summed E-state index contributed by atoms with van der Waals surface area (Å²) < 4.78 is 1.55. The first-order valence-corrected chi connectivity index (χ1v) is 7.88. The highest BCUT2D eigenvalue weighted by atomic mass is 32.1. The SMILES string of the molecule is Cc1cc(=O)c(C(=O)Nc2ccc(C#N)s2)nn1-c1ccccc1. The van der Waals surface area contributed by atoms with Gasteiger partial charge in [0.25, 0.3) is 5.91 Å². The second kappa shape index (κ2) is 6.48. The van der Waals surface area contributed by atoms with E-state index in [4.69, 9.17) is 5.26 Å². The van der Waals surface area contributed by atoms with Crippen LogP contribution < -0.4 is 10.7 Å². The fourth-order valence-corrected chi connectivity index (χ4v) is 2.87. The first-order chi connectivity index (χ1) is 11.6. The smallest absolute Gasteiger partial charge is 0.280 e. The number of nitriles is 1. The van der Waals surface area contributed by atoms with E-state index < -0.39 is 11.3 Å². The Morgan fingerprint density at radius 3 is 2.67 bits per heavy atom. The van der Waals surface area contributed by atoms with Gasteiger partial charge in [-0.15, -0.1) is 11.3 Å². The molecule has 0 atom stereocenters. The van der Waals surface area contributed by atoms with Crippen LogP contribution >= 0.6 is 11.3 Å². The zero-order chi connectivity index (χ0) is 17.1. The Morgan fingerprint density at radius 1 is 1.25 bits per heavy atom. The van der Waals surface area contributed by atoms with E-state index in [1.54, 1.807) is 23.7 Å². The number of hydrogen-bond donors (Lipinski definition) is 1. The average molecular weight is 336 g/mol. The van der Waals surface area contributed by atoms with Crippen molar-refractivity contribution in [3.05, 3.63) is 75.0 Å². The van der Waals surface area contributed by atoms with Crippen LogP contribution in [-0.2, 0) is 0 Å². The third-order valence-electron chi connectivity index (χ3n) is 3.28. The van der Waals surface area contributed by atoms with Gasteiger partial charge in [-0.2, -0.15) is 10.4 Å². The van der Waals surface area contributed by atoms with E-state index >= 15 is 0 Å². The Balaban J connectivity index is 1.97. The number of nitrogens with one attached hydrogen (secondary N) is 1. The Kier molecular flexibility index (Phi) is 4.22. The Bertz CT molecular complexity index is 999. The highest BCUT2D eigenvalue weighted by molar-refractivity contribution is 7.16. The van der Waals surface area contributed by atoms with Crippen molar-refractivity contribution in [3.63, 3.8) is 0 Å². The minimum Gasteiger partial charge on any atom is -0.312 e. The largest absolute Gasteiger partial charge is 0.312 e. The van der Waals surface area contributed by atoms with E-state index in [9.17, 15) is 9.59 Å². The number of para-hydroxylation sites is 1. The van der Waals surface area contributed by atoms with Gasteiger partial charge in [-0.1, -0.05) is 18.2 Å². The second-order valence-corrected chi connectivity index (χ2v) is 6.06. The molecule has 0 aliphatic rings. The molecule has 7 heteroatoms. The van der Waals surface area contributed by atoms with E-state index in [0.29, 0.717) is 15.6 Å². The van der Waals surface area contributed by atoms with Crippen molar-refractivity contribution in [2.75, 3.05) is 5.32 Å². The van der Waals surface area contributed by atoms with Gasteiger partial charge >= 0.3 is 0 Å². The minimum atomic E-state index is -0.601. The fraction of sp³-hybridized carbons (Fsp3) is 0.0588. The van der Waals surface area contributed by atoms with Crippen molar-refractivity contribution in [1.29, 1.82) is 5.26 Å². The molecule has 6 nitrogen and oxygen atoms in total. The number of aromatic nitrogens is 2. The van der Waals surface area contributed by atoms with Gasteiger partial charge in [-0.25, -0.2) is 4.68 Å². The van der Waals surface area contributed by atoms with Crippen molar-refractivity contribution >= 4 is 22.2 Å². The lowest BCUT2D eigenvalue weighted by atomic mass is 10.2. The van der Waals surface area contributed by atoms with E-state index in [1.165, 1.54) is 6.07 Å². The van der Waals surface area contributed by atoms with Crippen molar-refractivity contribution in [1.82, 2.24) is 9.78 Å².